The minimum atomic E-state index is -2.12. The third-order valence-electron chi connectivity index (χ3n) is 5.52. The molecule has 1 unspecified atom stereocenters. The third kappa shape index (κ3) is 17.6. The van der Waals surface area contributed by atoms with Crippen LogP contribution in [0.4, 0.5) is 13.2 Å². The van der Waals surface area contributed by atoms with Gasteiger partial charge in [-0.15, -0.1) is 0 Å². The molecule has 0 spiro atoms. The van der Waals surface area contributed by atoms with Gasteiger partial charge in [0.25, 0.3) is 0 Å². The Balaban J connectivity index is 3.67. The molecule has 1 atom stereocenters. The monoisotopic (exact) mass is 410 g/mol. The van der Waals surface area contributed by atoms with Crippen molar-refractivity contribution < 1.29 is 13.2 Å². The van der Waals surface area contributed by atoms with Crippen LogP contribution in [0.15, 0.2) is 0 Å². The van der Waals surface area contributed by atoms with Crippen LogP contribution in [0.1, 0.15) is 97.3 Å². The first-order chi connectivity index (χ1) is 12.6. The maximum atomic E-state index is 14.7. The molecule has 26 heavy (non-hydrogen) atoms. The molecule has 0 aliphatic carbocycles. The summed E-state index contributed by atoms with van der Waals surface area (Å²) in [4.78, 5) is 0. The lowest BCUT2D eigenvalue weighted by Crippen LogP contribution is -2.27. The summed E-state index contributed by atoms with van der Waals surface area (Å²) in [5.74, 6) is -0.463. The molecule has 0 aromatic rings. The van der Waals surface area contributed by atoms with E-state index in [4.69, 9.17) is 0 Å². The number of hydrogen-bond acceptors (Lipinski definition) is 0. The fourth-order valence-corrected chi connectivity index (χ4v) is 8.87. The smallest absolute Gasteiger partial charge is 0.238 e. The summed E-state index contributed by atoms with van der Waals surface area (Å²) >= 11 is 0. The fourth-order valence-electron chi connectivity index (χ4n) is 3.75. The molecular weight excluding hydrogens is 365 g/mol. The SMILES string of the molecule is CCCCC[SiH](CCCCC)C(F)CCCCC[SiH2]CCCCC(F)F. The van der Waals surface area contributed by atoms with Gasteiger partial charge in [-0.1, -0.05) is 102 Å². The van der Waals surface area contributed by atoms with Gasteiger partial charge in [0.2, 0.25) is 6.43 Å². The Hall–Kier alpha value is 0.224. The molecule has 0 aliphatic rings. The summed E-state index contributed by atoms with van der Waals surface area (Å²) in [7, 11) is -1.25. The van der Waals surface area contributed by atoms with Crippen molar-refractivity contribution in [2.75, 3.05) is 0 Å². The lowest BCUT2D eigenvalue weighted by molar-refractivity contribution is 0.134. The highest BCUT2D eigenvalue weighted by molar-refractivity contribution is 6.60. The van der Waals surface area contributed by atoms with Gasteiger partial charge < -0.3 is 0 Å². The van der Waals surface area contributed by atoms with Crippen LogP contribution >= 0.6 is 0 Å². The summed E-state index contributed by atoms with van der Waals surface area (Å²) in [6.07, 6.45) is 11.4. The minimum Gasteiger partial charge on any atom is -0.252 e. The van der Waals surface area contributed by atoms with Crippen molar-refractivity contribution in [2.24, 2.45) is 0 Å². The second-order valence-electron chi connectivity index (χ2n) is 8.06. The van der Waals surface area contributed by atoms with E-state index in [2.05, 4.69) is 13.8 Å². The molecule has 0 saturated heterocycles. The second-order valence-corrected chi connectivity index (χ2v) is 13.6. The first kappa shape index (κ1) is 26.2. The zero-order chi connectivity index (χ0) is 19.5. The van der Waals surface area contributed by atoms with Gasteiger partial charge in [0.15, 0.2) is 0 Å². The van der Waals surface area contributed by atoms with E-state index in [1.807, 2.05) is 0 Å². The van der Waals surface area contributed by atoms with Gasteiger partial charge >= 0.3 is 0 Å². The highest BCUT2D eigenvalue weighted by atomic mass is 28.3. The standard InChI is InChI=1S/C21H45F3Si2/c1-3-5-12-18-26(19-13-6-4-2)21(24)15-8-7-10-16-25-17-11-9-14-20(22)23/h20-21,26H,3-19,25H2,1-2H3. The summed E-state index contributed by atoms with van der Waals surface area (Å²) < 4.78 is 38.8. The van der Waals surface area contributed by atoms with Crippen LogP contribution in [0.2, 0.25) is 24.2 Å². The minimum absolute atomic E-state index is 0.0547. The van der Waals surface area contributed by atoms with Crippen LogP contribution in [0, 0.1) is 0 Å². The molecule has 0 aromatic heterocycles. The number of unbranched alkanes of at least 4 members (excludes halogenated alkanes) is 7. The van der Waals surface area contributed by atoms with Gasteiger partial charge in [-0.05, 0) is 12.8 Å². The quantitative estimate of drug-likeness (QED) is 0.144. The topological polar surface area (TPSA) is 0 Å². The summed E-state index contributed by atoms with van der Waals surface area (Å²) in [6, 6.07) is 4.95. The molecule has 0 bridgehead atoms. The molecule has 0 amide bonds. The lowest BCUT2D eigenvalue weighted by Gasteiger charge is -2.19. The Morgan fingerprint density at radius 3 is 1.73 bits per heavy atom. The van der Waals surface area contributed by atoms with E-state index in [1.165, 1.54) is 75.5 Å². The van der Waals surface area contributed by atoms with Crippen LogP contribution in [0.3, 0.4) is 0 Å². The highest BCUT2D eigenvalue weighted by Gasteiger charge is 2.21. The molecule has 0 radical (unpaired) electrons. The van der Waals surface area contributed by atoms with Gasteiger partial charge in [0.05, 0.1) is 14.6 Å². The first-order valence-electron chi connectivity index (χ1n) is 11.5. The predicted octanol–water partition coefficient (Wildman–Crippen LogP) is 7.47. The van der Waals surface area contributed by atoms with E-state index in [1.54, 1.807) is 0 Å². The predicted molar refractivity (Wildman–Crippen MR) is 117 cm³/mol. The molecule has 158 valence electrons. The van der Waals surface area contributed by atoms with Crippen molar-refractivity contribution in [3.05, 3.63) is 0 Å². The Labute approximate surface area is 165 Å². The normalized spacial score (nSPS) is 13.5. The molecule has 0 saturated carbocycles. The molecule has 0 aromatic carbocycles. The Bertz CT molecular complexity index is 268. The third-order valence-corrected chi connectivity index (χ3v) is 11.2. The van der Waals surface area contributed by atoms with Crippen molar-refractivity contribution in [3.63, 3.8) is 0 Å². The van der Waals surface area contributed by atoms with E-state index >= 15 is 0 Å². The van der Waals surface area contributed by atoms with E-state index in [9.17, 15) is 13.2 Å². The van der Waals surface area contributed by atoms with Crippen LogP contribution in [0.5, 0.6) is 0 Å². The van der Waals surface area contributed by atoms with Crippen LogP contribution in [-0.4, -0.2) is 30.5 Å². The zero-order valence-electron chi connectivity index (χ0n) is 17.6. The summed E-state index contributed by atoms with van der Waals surface area (Å²) in [6.45, 7) is 4.45. The van der Waals surface area contributed by atoms with Crippen molar-refractivity contribution in [2.45, 2.75) is 134 Å². The molecule has 0 aliphatic heterocycles. The van der Waals surface area contributed by atoms with Crippen LogP contribution in [0.25, 0.3) is 0 Å². The second kappa shape index (κ2) is 20.0. The van der Waals surface area contributed by atoms with E-state index in [0.29, 0.717) is 6.42 Å². The molecular formula is C21H45F3Si2. The van der Waals surface area contributed by atoms with Gasteiger partial charge in [-0.25, -0.2) is 8.78 Å². The zero-order valence-corrected chi connectivity index (χ0v) is 20.2. The highest BCUT2D eigenvalue weighted by Crippen LogP contribution is 2.21. The van der Waals surface area contributed by atoms with Crippen molar-refractivity contribution in [1.82, 2.24) is 0 Å². The van der Waals surface area contributed by atoms with Gasteiger partial charge in [0.1, 0.15) is 0 Å². The number of alkyl halides is 3. The van der Waals surface area contributed by atoms with E-state index in [0.717, 1.165) is 19.3 Å². The molecule has 0 rings (SSSR count). The van der Waals surface area contributed by atoms with Crippen molar-refractivity contribution in [3.8, 4) is 0 Å². The first-order valence-corrected chi connectivity index (χ1v) is 15.8. The Kier molecular flexibility index (Phi) is 20.1. The lowest BCUT2D eigenvalue weighted by atomic mass is 10.2. The van der Waals surface area contributed by atoms with E-state index < -0.39 is 21.0 Å². The molecule has 0 N–H and O–H groups in total. The number of hydrogen-bond donors (Lipinski definition) is 0. The van der Waals surface area contributed by atoms with Gasteiger partial charge in [0, 0.05) is 15.9 Å². The fraction of sp³-hybridized carbons (Fsp3) is 1.00. The Morgan fingerprint density at radius 2 is 1.19 bits per heavy atom. The average molecular weight is 411 g/mol. The average Bonchev–Trinajstić information content (AvgIpc) is 2.61. The maximum Gasteiger partial charge on any atom is 0.238 e. The van der Waals surface area contributed by atoms with Crippen LogP contribution < -0.4 is 0 Å². The van der Waals surface area contributed by atoms with Crippen molar-refractivity contribution in [1.29, 1.82) is 0 Å². The molecule has 0 heterocycles. The molecule has 0 fully saturated rings. The van der Waals surface area contributed by atoms with Crippen molar-refractivity contribution >= 4 is 18.3 Å². The van der Waals surface area contributed by atoms with Gasteiger partial charge in [-0.2, -0.15) is 0 Å². The number of rotatable bonds is 20. The molecule has 0 nitrogen and oxygen atoms in total. The van der Waals surface area contributed by atoms with Crippen LogP contribution in [-0.2, 0) is 0 Å². The van der Waals surface area contributed by atoms with E-state index in [-0.39, 0.29) is 15.9 Å². The largest absolute Gasteiger partial charge is 0.252 e. The summed E-state index contributed by atoms with van der Waals surface area (Å²) in [5.41, 5.74) is 0. The number of halogens is 3. The maximum absolute atomic E-state index is 14.7. The summed E-state index contributed by atoms with van der Waals surface area (Å²) in [5, 5.41) is 0. The Morgan fingerprint density at radius 1 is 0.654 bits per heavy atom. The van der Waals surface area contributed by atoms with Gasteiger partial charge in [-0.3, -0.25) is 4.39 Å². The molecule has 5 heteroatoms.